The zero-order chi connectivity index (χ0) is 27.0. The second-order valence-corrected chi connectivity index (χ2v) is 12.9. The Hall–Kier alpha value is -3.60. The van der Waals surface area contributed by atoms with Gasteiger partial charge in [0.25, 0.3) is 0 Å². The summed E-state index contributed by atoms with van der Waals surface area (Å²) < 4.78 is 58.4. The van der Waals surface area contributed by atoms with Crippen molar-refractivity contribution < 1.29 is 21.6 Å². The van der Waals surface area contributed by atoms with Crippen molar-refractivity contribution in [1.82, 2.24) is 25.1 Å². The topological polar surface area (TPSA) is 112 Å². The van der Waals surface area contributed by atoms with Crippen LogP contribution in [0.1, 0.15) is 61.0 Å². The van der Waals surface area contributed by atoms with Crippen molar-refractivity contribution in [3.8, 4) is 22.8 Å². The summed E-state index contributed by atoms with van der Waals surface area (Å²) in [5.41, 5.74) is 2.01. The summed E-state index contributed by atoms with van der Waals surface area (Å²) in [7, 11) is -3.30. The van der Waals surface area contributed by atoms with Crippen molar-refractivity contribution in [1.29, 1.82) is 0 Å². The second kappa shape index (κ2) is 8.20. The summed E-state index contributed by atoms with van der Waals surface area (Å²) in [6, 6.07) is 5.49. The fraction of sp³-hybridized carbons (Fsp3) is 0.370. The molecule has 196 valence electrons. The third kappa shape index (κ3) is 3.51. The van der Waals surface area contributed by atoms with Crippen molar-refractivity contribution in [3.05, 3.63) is 76.7 Å². The zero-order valence-electron chi connectivity index (χ0n) is 21.3. The highest BCUT2D eigenvalue weighted by Crippen LogP contribution is 2.69. The van der Waals surface area contributed by atoms with Crippen LogP contribution >= 0.6 is 0 Å². The third-order valence-corrected chi connectivity index (χ3v) is 8.98. The van der Waals surface area contributed by atoms with E-state index in [4.69, 9.17) is 9.40 Å². The van der Waals surface area contributed by atoms with E-state index in [1.54, 1.807) is 19.2 Å². The minimum absolute atomic E-state index is 0.0809. The maximum Gasteiger partial charge on any atom is 0.247 e. The van der Waals surface area contributed by atoms with Crippen molar-refractivity contribution in [2.45, 2.75) is 50.7 Å². The number of nitrogens with zero attached hydrogens (tertiary/aromatic N) is 5. The molecule has 1 fully saturated rings. The molecule has 2 atom stereocenters. The molecule has 0 unspecified atom stereocenters. The van der Waals surface area contributed by atoms with Crippen LogP contribution in [0.2, 0.25) is 0 Å². The Morgan fingerprint density at radius 3 is 2.53 bits per heavy atom. The number of oxazole rings is 1. The van der Waals surface area contributed by atoms with Gasteiger partial charge in [-0.2, -0.15) is 5.10 Å². The fourth-order valence-corrected chi connectivity index (χ4v) is 7.12. The highest BCUT2D eigenvalue weighted by molar-refractivity contribution is 7.89. The molecule has 3 aromatic heterocycles. The van der Waals surface area contributed by atoms with Gasteiger partial charge >= 0.3 is 0 Å². The first-order valence-electron chi connectivity index (χ1n) is 12.2. The van der Waals surface area contributed by atoms with Gasteiger partial charge in [0.05, 0.1) is 45.7 Å². The predicted molar refractivity (Wildman–Crippen MR) is 135 cm³/mol. The molecule has 2 bridgehead atoms. The van der Waals surface area contributed by atoms with Crippen LogP contribution in [0.5, 0.6) is 0 Å². The molecule has 0 amide bonds. The minimum atomic E-state index is -3.30. The van der Waals surface area contributed by atoms with Crippen molar-refractivity contribution in [3.63, 3.8) is 0 Å². The number of benzene rings is 1. The van der Waals surface area contributed by atoms with E-state index >= 15 is 0 Å². The Labute approximate surface area is 218 Å². The molecule has 11 heteroatoms. The quantitative estimate of drug-likeness (QED) is 0.353. The molecule has 38 heavy (non-hydrogen) atoms. The molecule has 1 aromatic carbocycles. The number of halogens is 2. The van der Waals surface area contributed by atoms with E-state index < -0.39 is 26.9 Å². The summed E-state index contributed by atoms with van der Waals surface area (Å²) >= 11 is 0. The van der Waals surface area contributed by atoms with Gasteiger partial charge in [-0.25, -0.2) is 27.2 Å². The number of hydrogen-bond acceptors (Lipinski definition) is 8. The first-order chi connectivity index (χ1) is 17.9. The lowest BCUT2D eigenvalue weighted by atomic mass is 9.66. The lowest BCUT2D eigenvalue weighted by Gasteiger charge is -2.37. The van der Waals surface area contributed by atoms with Crippen LogP contribution < -0.4 is 0 Å². The zero-order valence-corrected chi connectivity index (χ0v) is 22.1. The Bertz CT molecular complexity index is 1700. The Balaban J connectivity index is 1.46. The number of hydrogen-bond donors (Lipinski definition) is 0. The molecule has 4 aromatic rings. The van der Waals surface area contributed by atoms with Crippen LogP contribution in [0.25, 0.3) is 22.8 Å². The number of aromatic nitrogens is 5. The van der Waals surface area contributed by atoms with Crippen LogP contribution in [0, 0.1) is 24.0 Å². The van der Waals surface area contributed by atoms with Gasteiger partial charge in [-0.1, -0.05) is 19.9 Å². The van der Waals surface area contributed by atoms with E-state index in [0.29, 0.717) is 22.8 Å². The largest absolute Gasteiger partial charge is 0.440 e. The first-order valence-corrected chi connectivity index (χ1v) is 14.3. The lowest BCUT2D eigenvalue weighted by Crippen LogP contribution is -2.38. The Kier molecular flexibility index (Phi) is 5.33. The molecule has 0 aliphatic heterocycles. The van der Waals surface area contributed by atoms with Gasteiger partial charge < -0.3 is 4.42 Å². The monoisotopic (exact) mass is 537 g/mol. The molecule has 8 nitrogen and oxygen atoms in total. The van der Waals surface area contributed by atoms with Gasteiger partial charge in [0.15, 0.2) is 9.84 Å². The lowest BCUT2D eigenvalue weighted by molar-refractivity contribution is 0.242. The predicted octanol–water partition coefficient (Wildman–Crippen LogP) is 4.92. The summed E-state index contributed by atoms with van der Waals surface area (Å²) in [6.07, 6.45) is 5.96. The molecular formula is C27H25F2N5O3S. The van der Waals surface area contributed by atoms with E-state index in [1.807, 2.05) is 0 Å². The van der Waals surface area contributed by atoms with Crippen LogP contribution in [0.15, 0.2) is 41.1 Å². The van der Waals surface area contributed by atoms with E-state index in [2.05, 4.69) is 34.0 Å². The van der Waals surface area contributed by atoms with E-state index in [1.165, 1.54) is 24.4 Å². The number of fused-ring (bicyclic) bond motifs is 5. The average Bonchev–Trinajstić information content (AvgIpc) is 3.41. The van der Waals surface area contributed by atoms with Crippen molar-refractivity contribution in [2.24, 2.45) is 5.41 Å². The van der Waals surface area contributed by atoms with Crippen LogP contribution in [-0.2, 0) is 21.0 Å². The minimum Gasteiger partial charge on any atom is -0.440 e. The molecule has 0 saturated heterocycles. The molecule has 6 rings (SSSR count). The fourth-order valence-electron chi connectivity index (χ4n) is 6.35. The molecular weight excluding hydrogens is 512 g/mol. The van der Waals surface area contributed by atoms with Gasteiger partial charge in [0.2, 0.25) is 5.89 Å². The van der Waals surface area contributed by atoms with Gasteiger partial charge in [-0.05, 0) is 54.9 Å². The Morgan fingerprint density at radius 2 is 1.82 bits per heavy atom. The number of sulfone groups is 1. The number of rotatable bonds is 5. The molecule has 0 radical (unpaired) electrons. The molecule has 3 heterocycles. The van der Waals surface area contributed by atoms with E-state index in [-0.39, 0.29) is 34.2 Å². The summed E-state index contributed by atoms with van der Waals surface area (Å²) in [5.74, 6) is -0.937. The molecule has 2 aliphatic carbocycles. The normalized spacial score (nSPS) is 21.6. The average molecular weight is 538 g/mol. The van der Waals surface area contributed by atoms with E-state index in [9.17, 15) is 17.2 Å². The number of aryl methyl sites for hydroxylation is 1. The second-order valence-electron chi connectivity index (χ2n) is 10.7. The highest BCUT2D eigenvalue weighted by Gasteiger charge is 2.65. The smallest absolute Gasteiger partial charge is 0.247 e. The van der Waals surface area contributed by atoms with Crippen LogP contribution in [0.4, 0.5) is 8.78 Å². The van der Waals surface area contributed by atoms with Crippen LogP contribution in [-0.4, -0.2) is 39.8 Å². The summed E-state index contributed by atoms with van der Waals surface area (Å²) in [4.78, 5) is 13.7. The maximum atomic E-state index is 14.5. The standard InChI is InChI=1S/C27H25F2N5O3S/c1-14-21(13-38(4,35)36)32-25(37-14)20-11-30-12-22(31-20)27-9-8-16(26(27,2)3)15-10-19(33-34-24(15)27)23-17(28)6-5-7-18(23)29/h5-7,10-12,16H,8-9,13H2,1-4H3/t16-,27-/m0/s1. The summed E-state index contributed by atoms with van der Waals surface area (Å²) in [5, 5.41) is 8.81. The SMILES string of the molecule is Cc1oc(-c2cncc([C@@]34CC[C@@H](c5cc(-c6c(F)cccc6F)nnc53)C4(C)C)n2)nc1CS(C)(=O)=O. The highest BCUT2D eigenvalue weighted by atomic mass is 32.2. The third-order valence-electron chi connectivity index (χ3n) is 8.18. The molecule has 0 spiro atoms. The van der Waals surface area contributed by atoms with Gasteiger partial charge in [0, 0.05) is 12.5 Å². The van der Waals surface area contributed by atoms with Crippen LogP contribution in [0.3, 0.4) is 0 Å². The maximum absolute atomic E-state index is 14.5. The molecule has 1 saturated carbocycles. The van der Waals surface area contributed by atoms with Gasteiger partial charge in [-0.15, -0.1) is 5.10 Å². The van der Waals surface area contributed by atoms with Gasteiger partial charge in [0.1, 0.15) is 23.1 Å². The van der Waals surface area contributed by atoms with Crippen molar-refractivity contribution in [2.75, 3.05) is 6.26 Å². The molecule has 0 N–H and O–H groups in total. The van der Waals surface area contributed by atoms with Gasteiger partial charge in [-0.3, -0.25) is 4.98 Å². The first kappa shape index (κ1) is 24.7. The molecule has 2 aliphatic rings. The van der Waals surface area contributed by atoms with Crippen molar-refractivity contribution >= 4 is 9.84 Å². The van der Waals surface area contributed by atoms with E-state index in [0.717, 1.165) is 30.4 Å². The summed E-state index contributed by atoms with van der Waals surface area (Å²) in [6.45, 7) is 5.95. The Morgan fingerprint density at radius 1 is 1.08 bits per heavy atom.